The van der Waals surface area contributed by atoms with Crippen LogP contribution in [0.2, 0.25) is 0 Å². The van der Waals surface area contributed by atoms with E-state index in [4.69, 9.17) is 9.47 Å². The second-order valence-electron chi connectivity index (χ2n) is 8.66. The minimum absolute atomic E-state index is 0.0943. The van der Waals surface area contributed by atoms with E-state index in [2.05, 4.69) is 17.0 Å². The lowest BCUT2D eigenvalue weighted by molar-refractivity contribution is -0.0595. The summed E-state index contributed by atoms with van der Waals surface area (Å²) in [4.78, 5) is 2.51. The van der Waals surface area contributed by atoms with Crippen molar-refractivity contribution in [2.24, 2.45) is 0 Å². The van der Waals surface area contributed by atoms with E-state index in [9.17, 15) is 9.50 Å². The third-order valence-electron chi connectivity index (χ3n) is 6.26. The van der Waals surface area contributed by atoms with Gasteiger partial charge in [-0.05, 0) is 74.9 Å². The third-order valence-corrected chi connectivity index (χ3v) is 6.26. The molecule has 2 atom stereocenters. The summed E-state index contributed by atoms with van der Waals surface area (Å²) in [5.41, 5.74) is 1.14. The van der Waals surface area contributed by atoms with Gasteiger partial charge in [0.1, 0.15) is 5.82 Å². The van der Waals surface area contributed by atoms with Crippen LogP contribution in [0.3, 0.4) is 0 Å². The van der Waals surface area contributed by atoms with Crippen LogP contribution >= 0.6 is 0 Å². The number of ether oxygens (including phenoxy) is 2. The molecule has 4 rings (SSSR count). The molecule has 5 heteroatoms. The Bertz CT molecular complexity index is 838. The van der Waals surface area contributed by atoms with Crippen LogP contribution in [0.15, 0.2) is 42.5 Å². The van der Waals surface area contributed by atoms with Crippen molar-refractivity contribution in [1.29, 1.82) is 0 Å². The number of hydrogen-bond acceptors (Lipinski definition) is 4. The monoisotopic (exact) mass is 399 g/mol. The zero-order valence-electron chi connectivity index (χ0n) is 17.4. The van der Waals surface area contributed by atoms with Gasteiger partial charge in [-0.15, -0.1) is 0 Å². The zero-order valence-corrected chi connectivity index (χ0v) is 17.4. The van der Waals surface area contributed by atoms with Gasteiger partial charge in [-0.25, -0.2) is 4.39 Å². The average Bonchev–Trinajstić information content (AvgIpc) is 2.93. The van der Waals surface area contributed by atoms with Crippen LogP contribution in [-0.2, 0) is 12.1 Å². The number of aliphatic hydroxyl groups is 1. The number of fused-ring (bicyclic) bond motifs is 2. The number of nitrogens with zero attached hydrogens (tertiary/aromatic N) is 1. The van der Waals surface area contributed by atoms with Crippen molar-refractivity contribution in [1.82, 2.24) is 4.90 Å². The molecule has 156 valence electrons. The van der Waals surface area contributed by atoms with E-state index in [1.807, 2.05) is 19.9 Å². The number of hydrogen-bond donors (Lipinski definition) is 1. The average molecular weight is 400 g/mol. The molecular weight excluding hydrogens is 369 g/mol. The van der Waals surface area contributed by atoms with Gasteiger partial charge in [0, 0.05) is 18.6 Å². The maximum absolute atomic E-state index is 13.3. The quantitative estimate of drug-likeness (QED) is 0.769. The van der Waals surface area contributed by atoms with Gasteiger partial charge in [0.05, 0.1) is 18.8 Å². The van der Waals surface area contributed by atoms with Crippen LogP contribution in [0.5, 0.6) is 11.5 Å². The summed E-state index contributed by atoms with van der Waals surface area (Å²) >= 11 is 0. The minimum Gasteiger partial charge on any atom is -0.493 e. The lowest BCUT2D eigenvalue weighted by Crippen LogP contribution is -2.49. The fraction of sp³-hybridized carbons (Fsp3) is 0.500. The molecule has 2 unspecified atom stereocenters. The Hall–Kier alpha value is -2.11. The number of methoxy groups -OCH3 is 1. The normalized spacial score (nSPS) is 26.7. The predicted octanol–water partition coefficient (Wildman–Crippen LogP) is 4.64. The molecule has 2 aliphatic heterocycles. The largest absolute Gasteiger partial charge is 0.493 e. The highest BCUT2D eigenvalue weighted by Crippen LogP contribution is 2.46. The van der Waals surface area contributed by atoms with E-state index in [0.29, 0.717) is 24.9 Å². The van der Waals surface area contributed by atoms with Crippen LogP contribution in [0.1, 0.15) is 50.7 Å². The number of rotatable bonds is 6. The number of piperidine rings is 1. The summed E-state index contributed by atoms with van der Waals surface area (Å²) in [5.74, 6) is 1.25. The molecular formula is C24H30FNO3. The van der Waals surface area contributed by atoms with Crippen LogP contribution in [0.25, 0.3) is 0 Å². The van der Waals surface area contributed by atoms with Gasteiger partial charge in [0.15, 0.2) is 11.5 Å². The van der Waals surface area contributed by atoms with Gasteiger partial charge in [-0.1, -0.05) is 18.2 Å². The first-order valence-corrected chi connectivity index (χ1v) is 10.5. The molecule has 2 aromatic carbocycles. The highest BCUT2D eigenvalue weighted by atomic mass is 19.1. The standard InChI is InChI=1S/C24H30FNO3/c1-16(2)29-22-11-4-17(12-23(22)28-3)15-26-20-9-10-21(26)14-24(27,13-20)18-5-7-19(25)8-6-18/h4-8,11-12,16,20-21,27H,9-10,13-15H2,1-3H3. The molecule has 2 aliphatic rings. The van der Waals surface area contributed by atoms with Crippen molar-refractivity contribution in [3.63, 3.8) is 0 Å². The molecule has 0 aliphatic carbocycles. The topological polar surface area (TPSA) is 41.9 Å². The van der Waals surface area contributed by atoms with Crippen molar-refractivity contribution in [2.75, 3.05) is 7.11 Å². The summed E-state index contributed by atoms with van der Waals surface area (Å²) in [6, 6.07) is 13.1. The van der Waals surface area contributed by atoms with Gasteiger partial charge in [0.25, 0.3) is 0 Å². The second kappa shape index (κ2) is 7.96. The van der Waals surface area contributed by atoms with Gasteiger partial charge in [-0.2, -0.15) is 0 Å². The lowest BCUT2D eigenvalue weighted by Gasteiger charge is -2.44. The van der Waals surface area contributed by atoms with Crippen LogP contribution in [-0.4, -0.2) is 35.3 Å². The Labute approximate surface area is 172 Å². The van der Waals surface area contributed by atoms with Crippen molar-refractivity contribution >= 4 is 0 Å². The van der Waals surface area contributed by atoms with E-state index in [1.54, 1.807) is 19.2 Å². The van der Waals surface area contributed by atoms with Crippen molar-refractivity contribution in [3.8, 4) is 11.5 Å². The molecule has 0 radical (unpaired) electrons. The molecule has 4 nitrogen and oxygen atoms in total. The Balaban J connectivity index is 1.50. The number of halogens is 1. The molecule has 29 heavy (non-hydrogen) atoms. The van der Waals surface area contributed by atoms with Gasteiger partial charge < -0.3 is 14.6 Å². The minimum atomic E-state index is -0.872. The molecule has 2 bridgehead atoms. The zero-order chi connectivity index (χ0) is 20.6. The van der Waals surface area contributed by atoms with E-state index in [1.165, 1.54) is 17.7 Å². The van der Waals surface area contributed by atoms with Crippen LogP contribution in [0, 0.1) is 5.82 Å². The molecule has 2 heterocycles. The number of benzene rings is 2. The van der Waals surface area contributed by atoms with Crippen molar-refractivity contribution < 1.29 is 19.0 Å². The predicted molar refractivity (Wildman–Crippen MR) is 111 cm³/mol. The fourth-order valence-corrected chi connectivity index (χ4v) is 4.94. The van der Waals surface area contributed by atoms with Crippen molar-refractivity contribution in [3.05, 3.63) is 59.4 Å². The molecule has 1 N–H and O–H groups in total. The summed E-state index contributed by atoms with van der Waals surface area (Å²) in [7, 11) is 1.67. The summed E-state index contributed by atoms with van der Waals surface area (Å²) in [6.07, 6.45) is 3.62. The fourth-order valence-electron chi connectivity index (χ4n) is 4.94. The first-order chi connectivity index (χ1) is 13.9. The van der Waals surface area contributed by atoms with Crippen LogP contribution < -0.4 is 9.47 Å². The van der Waals surface area contributed by atoms with Gasteiger partial charge >= 0.3 is 0 Å². The Kier molecular flexibility index (Phi) is 5.54. The molecule has 0 spiro atoms. The van der Waals surface area contributed by atoms with E-state index >= 15 is 0 Å². The summed E-state index contributed by atoms with van der Waals surface area (Å²) < 4.78 is 24.7. The Morgan fingerprint density at radius 3 is 2.31 bits per heavy atom. The van der Waals surface area contributed by atoms with E-state index in [0.717, 1.165) is 36.4 Å². The molecule has 2 aromatic rings. The molecule has 0 saturated carbocycles. The highest BCUT2D eigenvalue weighted by Gasteiger charge is 2.48. The first-order valence-electron chi connectivity index (χ1n) is 10.5. The van der Waals surface area contributed by atoms with E-state index < -0.39 is 5.60 Å². The van der Waals surface area contributed by atoms with Crippen LogP contribution in [0.4, 0.5) is 4.39 Å². The molecule has 0 aromatic heterocycles. The molecule has 2 fully saturated rings. The Morgan fingerprint density at radius 1 is 1.07 bits per heavy atom. The molecule has 0 amide bonds. The van der Waals surface area contributed by atoms with Gasteiger partial charge in [-0.3, -0.25) is 4.90 Å². The maximum Gasteiger partial charge on any atom is 0.161 e. The maximum atomic E-state index is 13.3. The Morgan fingerprint density at radius 2 is 1.72 bits per heavy atom. The lowest BCUT2D eigenvalue weighted by atomic mass is 9.80. The second-order valence-corrected chi connectivity index (χ2v) is 8.66. The highest BCUT2D eigenvalue weighted by molar-refractivity contribution is 5.43. The summed E-state index contributed by atoms with van der Waals surface area (Å²) in [5, 5.41) is 11.3. The SMILES string of the molecule is COc1cc(CN2C3CCC2CC(O)(c2ccc(F)cc2)C3)ccc1OC(C)C. The smallest absolute Gasteiger partial charge is 0.161 e. The first kappa shape index (κ1) is 20.2. The molecule has 2 saturated heterocycles. The van der Waals surface area contributed by atoms with E-state index in [-0.39, 0.29) is 11.9 Å². The van der Waals surface area contributed by atoms with Crippen molar-refractivity contribution in [2.45, 2.75) is 69.9 Å². The summed E-state index contributed by atoms with van der Waals surface area (Å²) in [6.45, 7) is 4.83. The third kappa shape index (κ3) is 4.12. The van der Waals surface area contributed by atoms with Gasteiger partial charge in [0.2, 0.25) is 0 Å².